The Labute approximate surface area is 169 Å². The molecule has 0 amide bonds. The lowest BCUT2D eigenvalue weighted by atomic mass is 10.2. The molecule has 0 atom stereocenters. The molecule has 152 valence electrons. The van der Waals surface area contributed by atoms with E-state index in [0.717, 1.165) is 54.2 Å². The van der Waals surface area contributed by atoms with E-state index >= 15 is 0 Å². The number of fused-ring (bicyclic) bond motifs is 2. The molecule has 2 aromatic heterocycles. The number of nitrogens with one attached hydrogen (secondary N) is 4. The van der Waals surface area contributed by atoms with Crippen LogP contribution in [0.3, 0.4) is 0 Å². The largest absolute Gasteiger partial charge is 0.345 e. The van der Waals surface area contributed by atoms with E-state index in [-0.39, 0.29) is 0 Å². The number of aryl methyl sites for hydroxylation is 2. The third kappa shape index (κ3) is 5.11. The van der Waals surface area contributed by atoms with E-state index in [4.69, 9.17) is 4.84 Å². The van der Waals surface area contributed by atoms with Gasteiger partial charge in [-0.2, -0.15) is 5.06 Å². The van der Waals surface area contributed by atoms with Crippen LogP contribution in [0.15, 0.2) is 42.7 Å². The van der Waals surface area contributed by atoms with Gasteiger partial charge in [0.1, 0.15) is 6.73 Å². The number of hydroxylamine groups is 2. The Morgan fingerprint density at radius 1 is 1.00 bits per heavy atom. The summed E-state index contributed by atoms with van der Waals surface area (Å²) < 4.78 is 0. The van der Waals surface area contributed by atoms with Gasteiger partial charge < -0.3 is 20.6 Å². The maximum Gasteiger partial charge on any atom is 0.203 e. The summed E-state index contributed by atoms with van der Waals surface area (Å²) in [5, 5.41) is 8.40. The number of aromatic amines is 2. The summed E-state index contributed by atoms with van der Waals surface area (Å²) in [5.41, 5.74) is 6.64. The van der Waals surface area contributed by atoms with Crippen LogP contribution in [-0.2, 0) is 4.84 Å². The topological polar surface area (TPSA) is 93.9 Å². The van der Waals surface area contributed by atoms with Crippen molar-refractivity contribution in [2.24, 2.45) is 0 Å². The van der Waals surface area contributed by atoms with E-state index in [0.29, 0.717) is 6.73 Å². The van der Waals surface area contributed by atoms with Crippen LogP contribution in [0.5, 0.6) is 0 Å². The summed E-state index contributed by atoms with van der Waals surface area (Å²) in [7, 11) is 0. The van der Waals surface area contributed by atoms with Crippen molar-refractivity contribution < 1.29 is 4.84 Å². The minimum Gasteiger partial charge on any atom is -0.345 e. The lowest BCUT2D eigenvalue weighted by Gasteiger charge is -2.26. The third-order valence-corrected chi connectivity index (χ3v) is 4.78. The average molecular weight is 393 g/mol. The van der Waals surface area contributed by atoms with Gasteiger partial charge in [0.05, 0.1) is 28.4 Å². The van der Waals surface area contributed by atoms with Crippen LogP contribution in [0.25, 0.3) is 22.1 Å². The number of aromatic nitrogens is 4. The first-order valence-corrected chi connectivity index (χ1v) is 9.86. The summed E-state index contributed by atoms with van der Waals surface area (Å²) in [6.45, 7) is 8.36. The fraction of sp³-hybridized carbons (Fsp3) is 0.333. The molecule has 8 nitrogen and oxygen atoms in total. The molecule has 0 aliphatic carbocycles. The predicted molar refractivity (Wildman–Crippen MR) is 116 cm³/mol. The molecule has 1 saturated heterocycles. The second-order valence-corrected chi connectivity index (χ2v) is 7.16. The molecule has 0 radical (unpaired) electrons. The first kappa shape index (κ1) is 19.4. The molecule has 0 saturated carbocycles. The minimum absolute atomic E-state index is 0.429. The van der Waals surface area contributed by atoms with E-state index in [1.807, 2.05) is 17.2 Å². The van der Waals surface area contributed by atoms with E-state index < -0.39 is 0 Å². The van der Waals surface area contributed by atoms with Gasteiger partial charge >= 0.3 is 0 Å². The van der Waals surface area contributed by atoms with Crippen LogP contribution in [0, 0.1) is 13.8 Å². The standard InChI is InChI=1S/C13H19N5O.C8H8N2/c1-10-2-3-11-12(8-10)17-13(16-11)15-9-19-18-6-4-14-5-7-18;1-6-2-3-7-8(4-6)10-5-9-7/h2-3,8,14H,4-7,9H2,1H3,(H2,15,16,17);2-5H,1H3,(H,9,10). The number of imidazole rings is 2. The number of H-pyrrole nitrogens is 2. The molecule has 0 spiro atoms. The molecule has 0 bridgehead atoms. The highest BCUT2D eigenvalue weighted by molar-refractivity contribution is 5.78. The maximum absolute atomic E-state index is 5.63. The fourth-order valence-electron chi connectivity index (χ4n) is 3.22. The predicted octanol–water partition coefficient (Wildman–Crippen LogP) is 2.95. The van der Waals surface area contributed by atoms with Crippen LogP contribution >= 0.6 is 0 Å². The summed E-state index contributed by atoms with van der Waals surface area (Å²) in [5.74, 6) is 0.746. The van der Waals surface area contributed by atoms with Gasteiger partial charge in [-0.1, -0.05) is 12.1 Å². The Morgan fingerprint density at radius 3 is 2.52 bits per heavy atom. The van der Waals surface area contributed by atoms with Crippen molar-refractivity contribution >= 4 is 28.0 Å². The van der Waals surface area contributed by atoms with Crippen LogP contribution in [-0.4, -0.2) is 57.9 Å². The number of rotatable bonds is 4. The molecule has 4 aromatic rings. The Morgan fingerprint density at radius 2 is 1.72 bits per heavy atom. The smallest absolute Gasteiger partial charge is 0.203 e. The fourth-order valence-corrected chi connectivity index (χ4v) is 3.22. The zero-order valence-electron chi connectivity index (χ0n) is 16.8. The summed E-state index contributed by atoms with van der Waals surface area (Å²) in [6.07, 6.45) is 1.71. The quantitative estimate of drug-likeness (QED) is 0.398. The first-order valence-electron chi connectivity index (χ1n) is 9.86. The number of hydrogen-bond donors (Lipinski definition) is 4. The number of anilines is 1. The van der Waals surface area contributed by atoms with Crippen LogP contribution in [0.2, 0.25) is 0 Å². The third-order valence-electron chi connectivity index (χ3n) is 4.78. The highest BCUT2D eigenvalue weighted by Gasteiger charge is 2.09. The van der Waals surface area contributed by atoms with E-state index in [1.54, 1.807) is 6.33 Å². The molecule has 8 heteroatoms. The van der Waals surface area contributed by atoms with Crippen LogP contribution in [0.4, 0.5) is 5.95 Å². The zero-order chi connectivity index (χ0) is 20.1. The van der Waals surface area contributed by atoms with Crippen molar-refractivity contribution in [2.75, 3.05) is 38.2 Å². The zero-order valence-corrected chi connectivity index (χ0v) is 16.8. The number of hydrogen-bond acceptors (Lipinski definition) is 6. The van der Waals surface area contributed by atoms with E-state index in [9.17, 15) is 0 Å². The Bertz CT molecular complexity index is 1070. The monoisotopic (exact) mass is 393 g/mol. The van der Waals surface area contributed by atoms with Gasteiger partial charge in [-0.25, -0.2) is 9.97 Å². The van der Waals surface area contributed by atoms with Crippen LogP contribution in [0.1, 0.15) is 11.1 Å². The minimum atomic E-state index is 0.429. The molecule has 5 rings (SSSR count). The SMILES string of the molecule is Cc1ccc2nc(NCON3CCNCC3)[nH]c2c1.Cc1ccc2nc[nH]c2c1. The van der Waals surface area contributed by atoms with Gasteiger partial charge in [0, 0.05) is 26.2 Å². The van der Waals surface area contributed by atoms with Gasteiger partial charge in [-0.3, -0.25) is 4.84 Å². The normalized spacial score (nSPS) is 14.7. The highest BCUT2D eigenvalue weighted by Crippen LogP contribution is 2.15. The molecule has 4 N–H and O–H groups in total. The molecule has 3 heterocycles. The Hall–Kier alpha value is -2.94. The number of piperazine rings is 1. The average Bonchev–Trinajstić information content (AvgIpc) is 3.35. The van der Waals surface area contributed by atoms with Crippen molar-refractivity contribution in [2.45, 2.75) is 13.8 Å². The van der Waals surface area contributed by atoms with Crippen molar-refractivity contribution in [3.05, 3.63) is 53.9 Å². The second-order valence-electron chi connectivity index (χ2n) is 7.16. The molecular formula is C21H27N7O. The van der Waals surface area contributed by atoms with Gasteiger partial charge in [-0.15, -0.1) is 0 Å². The van der Waals surface area contributed by atoms with Crippen molar-refractivity contribution in [3.8, 4) is 0 Å². The van der Waals surface area contributed by atoms with E-state index in [2.05, 4.69) is 68.7 Å². The molecular weight excluding hydrogens is 366 g/mol. The van der Waals surface area contributed by atoms with E-state index in [1.165, 1.54) is 11.1 Å². The maximum atomic E-state index is 5.63. The summed E-state index contributed by atoms with van der Waals surface area (Å²) in [4.78, 5) is 20.5. The molecule has 0 unspecified atom stereocenters. The Kier molecular flexibility index (Phi) is 6.04. The number of nitrogens with zero attached hydrogens (tertiary/aromatic N) is 3. The lowest BCUT2D eigenvalue weighted by molar-refractivity contribution is -0.157. The van der Waals surface area contributed by atoms with Crippen molar-refractivity contribution in [3.63, 3.8) is 0 Å². The molecule has 1 aliphatic rings. The first-order chi connectivity index (χ1) is 14.2. The van der Waals surface area contributed by atoms with Gasteiger partial charge in [0.25, 0.3) is 0 Å². The van der Waals surface area contributed by atoms with Crippen molar-refractivity contribution in [1.29, 1.82) is 0 Å². The highest BCUT2D eigenvalue weighted by atomic mass is 16.7. The summed E-state index contributed by atoms with van der Waals surface area (Å²) >= 11 is 0. The van der Waals surface area contributed by atoms with Crippen molar-refractivity contribution in [1.82, 2.24) is 30.3 Å². The molecule has 2 aromatic carbocycles. The molecule has 29 heavy (non-hydrogen) atoms. The lowest BCUT2D eigenvalue weighted by Crippen LogP contribution is -2.43. The molecule has 1 fully saturated rings. The second kappa shape index (κ2) is 9.04. The molecule has 1 aliphatic heterocycles. The van der Waals surface area contributed by atoms with Gasteiger partial charge in [-0.05, 0) is 49.2 Å². The summed E-state index contributed by atoms with van der Waals surface area (Å²) in [6, 6.07) is 12.3. The van der Waals surface area contributed by atoms with Gasteiger partial charge in [0.2, 0.25) is 5.95 Å². The van der Waals surface area contributed by atoms with Gasteiger partial charge in [0.15, 0.2) is 0 Å². The van der Waals surface area contributed by atoms with Crippen LogP contribution < -0.4 is 10.6 Å². The Balaban J connectivity index is 0.000000171. The number of benzene rings is 2.